The van der Waals surface area contributed by atoms with Crippen molar-refractivity contribution in [2.45, 2.75) is 6.04 Å². The highest BCUT2D eigenvalue weighted by Crippen LogP contribution is 2.29. The second kappa shape index (κ2) is 5.60. The highest BCUT2D eigenvalue weighted by atomic mass is 35.5. The number of hydrogen-bond donors (Lipinski definition) is 1. The second-order valence-corrected chi connectivity index (χ2v) is 7.59. The molecule has 2 aliphatic rings. The predicted molar refractivity (Wildman–Crippen MR) is 97.4 cm³/mol. The van der Waals surface area contributed by atoms with Crippen molar-refractivity contribution in [3.8, 4) is 11.3 Å². The van der Waals surface area contributed by atoms with Gasteiger partial charge in [-0.2, -0.15) is 0 Å². The van der Waals surface area contributed by atoms with Gasteiger partial charge >= 0.3 is 6.03 Å². The topological polar surface area (TPSA) is 65.8 Å². The molecule has 2 aliphatic heterocycles. The van der Waals surface area contributed by atoms with E-state index in [2.05, 4.69) is 20.3 Å². The van der Waals surface area contributed by atoms with E-state index in [-0.39, 0.29) is 12.1 Å². The summed E-state index contributed by atoms with van der Waals surface area (Å²) in [6, 6.07) is 7.91. The van der Waals surface area contributed by atoms with Crippen LogP contribution in [0.3, 0.4) is 0 Å². The lowest BCUT2D eigenvalue weighted by atomic mass is 10.2. The molecule has 2 aromatic heterocycles. The molecule has 0 radical (unpaired) electrons. The zero-order valence-corrected chi connectivity index (χ0v) is 14.8. The molecule has 2 amide bonds. The molecule has 4 heterocycles. The van der Waals surface area contributed by atoms with Crippen LogP contribution in [-0.2, 0) is 0 Å². The van der Waals surface area contributed by atoms with E-state index in [1.165, 1.54) is 0 Å². The van der Waals surface area contributed by atoms with E-state index in [4.69, 9.17) is 11.6 Å². The van der Waals surface area contributed by atoms with Gasteiger partial charge in [-0.25, -0.2) is 14.3 Å². The summed E-state index contributed by atoms with van der Waals surface area (Å²) in [7, 11) is 0. The van der Waals surface area contributed by atoms with Gasteiger partial charge in [0.2, 0.25) is 10.1 Å². The van der Waals surface area contributed by atoms with Crippen LogP contribution in [0.4, 0.5) is 9.93 Å². The largest absolute Gasteiger partial charge is 0.343 e. The van der Waals surface area contributed by atoms with E-state index in [0.717, 1.165) is 41.0 Å². The van der Waals surface area contributed by atoms with Crippen molar-refractivity contribution in [2.75, 3.05) is 31.1 Å². The van der Waals surface area contributed by atoms with Gasteiger partial charge in [0, 0.05) is 36.8 Å². The van der Waals surface area contributed by atoms with Crippen LogP contribution in [0, 0.1) is 0 Å². The molecule has 25 heavy (non-hydrogen) atoms. The summed E-state index contributed by atoms with van der Waals surface area (Å²) >= 11 is 7.51. The Kier molecular flexibility index (Phi) is 3.36. The Morgan fingerprint density at radius 2 is 2.08 bits per heavy atom. The lowest BCUT2D eigenvalue weighted by Gasteiger charge is -2.35. The van der Waals surface area contributed by atoms with E-state index >= 15 is 0 Å². The van der Waals surface area contributed by atoms with Crippen LogP contribution in [0.5, 0.6) is 0 Å². The van der Waals surface area contributed by atoms with Gasteiger partial charge in [-0.1, -0.05) is 35.1 Å². The minimum atomic E-state index is 0.0474. The Morgan fingerprint density at radius 3 is 2.88 bits per heavy atom. The number of fused-ring (bicyclic) bond motifs is 2. The molecule has 2 fully saturated rings. The molecule has 1 N–H and O–H groups in total. The lowest BCUT2D eigenvalue weighted by Crippen LogP contribution is -2.52. The van der Waals surface area contributed by atoms with E-state index in [9.17, 15) is 4.79 Å². The van der Waals surface area contributed by atoms with Gasteiger partial charge in [0.1, 0.15) is 0 Å². The molecule has 1 atom stereocenters. The Morgan fingerprint density at radius 1 is 1.24 bits per heavy atom. The number of amides is 2. The van der Waals surface area contributed by atoms with Crippen LogP contribution in [0.2, 0.25) is 5.02 Å². The van der Waals surface area contributed by atoms with Gasteiger partial charge in [0.25, 0.3) is 0 Å². The molecule has 1 unspecified atom stereocenters. The Hall–Kier alpha value is -2.32. The molecule has 2 saturated heterocycles. The number of rotatable bonds is 2. The van der Waals surface area contributed by atoms with Crippen molar-refractivity contribution in [1.29, 1.82) is 0 Å². The molecular weight excluding hydrogens is 360 g/mol. The van der Waals surface area contributed by atoms with Gasteiger partial charge < -0.3 is 15.1 Å². The zero-order valence-electron chi connectivity index (χ0n) is 13.2. The maximum absolute atomic E-state index is 11.7. The van der Waals surface area contributed by atoms with Gasteiger partial charge in [0.05, 0.1) is 17.9 Å². The number of urea groups is 1. The van der Waals surface area contributed by atoms with Crippen LogP contribution in [0.15, 0.2) is 30.5 Å². The third-order valence-electron chi connectivity index (χ3n) is 4.68. The van der Waals surface area contributed by atoms with Crippen molar-refractivity contribution >= 4 is 39.1 Å². The number of carbonyl (C=O) groups excluding carboxylic acids is 1. The molecule has 9 heteroatoms. The summed E-state index contributed by atoms with van der Waals surface area (Å²) in [4.78, 5) is 21.4. The molecule has 0 bridgehead atoms. The Labute approximate surface area is 152 Å². The van der Waals surface area contributed by atoms with Gasteiger partial charge in [-0.3, -0.25) is 0 Å². The van der Waals surface area contributed by atoms with Crippen molar-refractivity contribution < 1.29 is 4.79 Å². The first-order valence-electron chi connectivity index (χ1n) is 8.09. The van der Waals surface area contributed by atoms with Crippen molar-refractivity contribution in [3.63, 3.8) is 0 Å². The molecular formula is C16H15ClN6OS. The SMILES string of the molecule is O=C1NCC2CN(c3nn4cc(-c5ccc(Cl)cc5)nc4s3)CCN12. The van der Waals surface area contributed by atoms with Crippen LogP contribution < -0.4 is 10.2 Å². The average molecular weight is 375 g/mol. The van der Waals surface area contributed by atoms with Gasteiger partial charge in [-0.05, 0) is 12.1 Å². The molecule has 0 aliphatic carbocycles. The summed E-state index contributed by atoms with van der Waals surface area (Å²) in [6.07, 6.45) is 1.94. The monoisotopic (exact) mass is 374 g/mol. The van der Waals surface area contributed by atoms with Crippen molar-refractivity contribution in [3.05, 3.63) is 35.5 Å². The highest BCUT2D eigenvalue weighted by molar-refractivity contribution is 7.20. The quantitative estimate of drug-likeness (QED) is 0.747. The van der Waals surface area contributed by atoms with Crippen LogP contribution in [0.25, 0.3) is 16.2 Å². The predicted octanol–water partition coefficient (Wildman–Crippen LogP) is 2.33. The molecule has 1 aromatic carbocycles. The Balaban J connectivity index is 1.39. The molecule has 3 aromatic rings. The minimum absolute atomic E-state index is 0.0474. The Bertz CT molecular complexity index is 920. The minimum Gasteiger partial charge on any atom is -0.343 e. The molecule has 0 spiro atoms. The maximum atomic E-state index is 11.7. The molecule has 128 valence electrons. The first-order chi connectivity index (χ1) is 12.2. The third kappa shape index (κ3) is 2.52. The summed E-state index contributed by atoms with van der Waals surface area (Å²) < 4.78 is 1.83. The summed E-state index contributed by atoms with van der Waals surface area (Å²) in [5.41, 5.74) is 1.91. The summed E-state index contributed by atoms with van der Waals surface area (Å²) in [5, 5.41) is 9.24. The number of nitrogens with zero attached hydrogens (tertiary/aromatic N) is 5. The van der Waals surface area contributed by atoms with Gasteiger partial charge in [0.15, 0.2) is 0 Å². The van der Waals surface area contributed by atoms with E-state index in [0.29, 0.717) is 11.6 Å². The molecule has 0 saturated carbocycles. The smallest absolute Gasteiger partial charge is 0.317 e. The number of imidazole rings is 1. The fourth-order valence-electron chi connectivity index (χ4n) is 3.35. The lowest BCUT2D eigenvalue weighted by molar-refractivity contribution is 0.197. The molecule has 5 rings (SSSR count). The number of carbonyl (C=O) groups is 1. The summed E-state index contributed by atoms with van der Waals surface area (Å²) in [5.74, 6) is 0. The van der Waals surface area contributed by atoms with Gasteiger partial charge in [-0.15, -0.1) is 5.10 Å². The number of hydrogen-bond acceptors (Lipinski definition) is 5. The van der Waals surface area contributed by atoms with Crippen LogP contribution in [0.1, 0.15) is 0 Å². The van der Waals surface area contributed by atoms with E-state index in [1.54, 1.807) is 11.3 Å². The molecule has 7 nitrogen and oxygen atoms in total. The van der Waals surface area contributed by atoms with Crippen LogP contribution >= 0.6 is 22.9 Å². The second-order valence-electron chi connectivity index (χ2n) is 6.22. The number of aromatic nitrogens is 3. The van der Waals surface area contributed by atoms with E-state index in [1.807, 2.05) is 39.9 Å². The number of halogens is 1. The standard InChI is InChI=1S/C16H15ClN6OS/c17-11-3-1-10(2-4-11)13-9-23-15(19-13)25-16(20-23)21-5-6-22-12(8-21)7-18-14(22)24/h1-4,9,12H,5-8H2,(H,18,24). The first-order valence-corrected chi connectivity index (χ1v) is 9.28. The normalized spacial score (nSPS) is 20.2. The van der Waals surface area contributed by atoms with Crippen molar-refractivity contribution in [1.82, 2.24) is 24.8 Å². The number of benzene rings is 1. The third-order valence-corrected chi connectivity index (χ3v) is 5.91. The fraction of sp³-hybridized carbons (Fsp3) is 0.312. The number of nitrogens with one attached hydrogen (secondary N) is 1. The first kappa shape index (κ1) is 15.0. The zero-order chi connectivity index (χ0) is 17.0. The summed E-state index contributed by atoms with van der Waals surface area (Å²) in [6.45, 7) is 3.04. The maximum Gasteiger partial charge on any atom is 0.317 e. The van der Waals surface area contributed by atoms with Crippen molar-refractivity contribution in [2.24, 2.45) is 0 Å². The fourth-order valence-corrected chi connectivity index (χ4v) is 4.40. The van der Waals surface area contributed by atoms with E-state index < -0.39 is 0 Å². The number of anilines is 1. The van der Waals surface area contributed by atoms with Crippen LogP contribution in [-0.4, -0.2) is 57.7 Å². The number of piperazine rings is 1. The highest BCUT2D eigenvalue weighted by Gasteiger charge is 2.36. The average Bonchev–Trinajstić information content (AvgIpc) is 3.28.